The van der Waals surface area contributed by atoms with Gasteiger partial charge >= 0.3 is 0 Å². The second kappa shape index (κ2) is 4.97. The van der Waals surface area contributed by atoms with E-state index in [-0.39, 0.29) is 5.91 Å². The van der Waals surface area contributed by atoms with Crippen LogP contribution in [0.15, 0.2) is 18.2 Å². The first-order valence-corrected chi connectivity index (χ1v) is 8.13. The number of nitrogens with zero attached hydrogens (tertiary/aromatic N) is 2. The zero-order chi connectivity index (χ0) is 15.3. The van der Waals surface area contributed by atoms with E-state index in [9.17, 15) is 4.79 Å². The molecule has 0 radical (unpaired) electrons. The minimum absolute atomic E-state index is 0.0407. The van der Waals surface area contributed by atoms with Crippen molar-refractivity contribution in [3.8, 4) is 5.75 Å². The van der Waals surface area contributed by atoms with E-state index in [4.69, 9.17) is 9.72 Å². The average Bonchev–Trinajstić information content (AvgIpc) is 2.64. The smallest absolute Gasteiger partial charge is 0.267 e. The molecule has 1 aliphatic heterocycles. The predicted octanol–water partition coefficient (Wildman–Crippen LogP) is 3.25. The Bertz CT molecular complexity index is 769. The minimum Gasteiger partial charge on any atom is -0.480 e. The summed E-state index contributed by atoms with van der Waals surface area (Å²) in [6.45, 7) is 4.52. The van der Waals surface area contributed by atoms with E-state index in [0.717, 1.165) is 47.3 Å². The average molecular weight is 296 g/mol. The van der Waals surface area contributed by atoms with Crippen LogP contribution in [0.1, 0.15) is 37.9 Å². The number of benzene rings is 1. The number of hydrogen-bond donors (Lipinski definition) is 0. The van der Waals surface area contributed by atoms with Gasteiger partial charge in [-0.05, 0) is 57.2 Å². The number of hydrogen-bond acceptors (Lipinski definition) is 3. The number of carbonyl (C=O) groups excluding carboxylic acids is 1. The van der Waals surface area contributed by atoms with Crippen molar-refractivity contribution in [1.29, 1.82) is 0 Å². The first-order valence-electron chi connectivity index (χ1n) is 8.13. The molecule has 1 aromatic heterocycles. The van der Waals surface area contributed by atoms with Gasteiger partial charge in [0.15, 0.2) is 6.10 Å². The topological polar surface area (TPSA) is 42.4 Å². The van der Waals surface area contributed by atoms with Gasteiger partial charge in [0.1, 0.15) is 5.75 Å². The molecule has 22 heavy (non-hydrogen) atoms. The standard InChI is InChI=1S/C18H20N2O2/c1-3-20-17-12-7-4-5-8-13(12)19-14-9-6-10-15(16(14)17)22-11(2)18(20)21/h6,9-11H,3-5,7-8H2,1-2H3. The van der Waals surface area contributed by atoms with Crippen LogP contribution in [0.25, 0.3) is 10.9 Å². The normalized spacial score (nSPS) is 20.5. The summed E-state index contributed by atoms with van der Waals surface area (Å²) in [7, 11) is 0. The predicted molar refractivity (Wildman–Crippen MR) is 86.5 cm³/mol. The SMILES string of the molecule is CCN1C(=O)C(C)Oc2cccc3nc4c(c1c23)CCCC4. The van der Waals surface area contributed by atoms with Crippen molar-refractivity contribution in [1.82, 2.24) is 4.98 Å². The lowest BCUT2D eigenvalue weighted by Gasteiger charge is -2.27. The first kappa shape index (κ1) is 13.6. The number of aromatic nitrogens is 1. The highest BCUT2D eigenvalue weighted by Gasteiger charge is 2.32. The Kier molecular flexibility index (Phi) is 3.06. The van der Waals surface area contributed by atoms with E-state index in [1.54, 1.807) is 0 Å². The zero-order valence-corrected chi connectivity index (χ0v) is 13.1. The molecule has 0 saturated heterocycles. The van der Waals surface area contributed by atoms with Crippen molar-refractivity contribution >= 4 is 22.5 Å². The van der Waals surface area contributed by atoms with E-state index in [1.165, 1.54) is 12.0 Å². The molecule has 2 heterocycles. The first-order chi connectivity index (χ1) is 10.7. The van der Waals surface area contributed by atoms with Crippen molar-refractivity contribution in [3.05, 3.63) is 29.5 Å². The van der Waals surface area contributed by atoms with Crippen LogP contribution >= 0.6 is 0 Å². The van der Waals surface area contributed by atoms with Crippen LogP contribution in [0.5, 0.6) is 5.75 Å². The Morgan fingerprint density at radius 3 is 2.95 bits per heavy atom. The number of carbonyl (C=O) groups is 1. The molecule has 0 saturated carbocycles. The number of pyridine rings is 1. The third-order valence-corrected chi connectivity index (χ3v) is 4.72. The monoisotopic (exact) mass is 296 g/mol. The highest BCUT2D eigenvalue weighted by atomic mass is 16.5. The number of aryl methyl sites for hydroxylation is 1. The maximum Gasteiger partial charge on any atom is 0.267 e. The third-order valence-electron chi connectivity index (χ3n) is 4.72. The number of rotatable bonds is 1. The fourth-order valence-corrected chi connectivity index (χ4v) is 3.70. The fraction of sp³-hybridized carbons (Fsp3) is 0.444. The summed E-state index contributed by atoms with van der Waals surface area (Å²) in [6, 6.07) is 5.93. The van der Waals surface area contributed by atoms with Crippen LogP contribution in [0.2, 0.25) is 0 Å². The summed E-state index contributed by atoms with van der Waals surface area (Å²) < 4.78 is 5.93. The van der Waals surface area contributed by atoms with Gasteiger partial charge in [0.05, 0.1) is 16.6 Å². The van der Waals surface area contributed by atoms with Crippen LogP contribution < -0.4 is 9.64 Å². The van der Waals surface area contributed by atoms with Gasteiger partial charge in [-0.1, -0.05) is 6.07 Å². The molecule has 4 heteroatoms. The summed E-state index contributed by atoms with van der Waals surface area (Å²) in [5.41, 5.74) is 4.39. The molecule has 4 nitrogen and oxygen atoms in total. The number of fused-ring (bicyclic) bond motifs is 2. The second-order valence-corrected chi connectivity index (χ2v) is 6.09. The molecule has 0 bridgehead atoms. The second-order valence-electron chi connectivity index (χ2n) is 6.09. The highest BCUT2D eigenvalue weighted by molar-refractivity contribution is 6.09. The Hall–Kier alpha value is -2.10. The van der Waals surface area contributed by atoms with Gasteiger partial charge < -0.3 is 9.64 Å². The van der Waals surface area contributed by atoms with E-state index in [1.807, 2.05) is 36.9 Å². The summed E-state index contributed by atoms with van der Waals surface area (Å²) in [5, 5.41) is 1.00. The minimum atomic E-state index is -0.461. The van der Waals surface area contributed by atoms with Gasteiger partial charge in [0, 0.05) is 12.2 Å². The molecule has 1 atom stereocenters. The maximum absolute atomic E-state index is 12.8. The Morgan fingerprint density at radius 1 is 1.32 bits per heavy atom. The molecule has 1 aromatic carbocycles. The summed E-state index contributed by atoms with van der Waals surface area (Å²) in [6.07, 6.45) is 3.89. The lowest BCUT2D eigenvalue weighted by molar-refractivity contribution is -0.124. The van der Waals surface area contributed by atoms with Crippen LogP contribution in [0, 0.1) is 0 Å². The Labute approximate surface area is 130 Å². The molecule has 0 N–H and O–H groups in total. The summed E-state index contributed by atoms with van der Waals surface area (Å²) in [4.78, 5) is 19.5. The maximum atomic E-state index is 12.8. The van der Waals surface area contributed by atoms with Crippen molar-refractivity contribution in [2.75, 3.05) is 11.4 Å². The number of likely N-dealkylation sites (N-methyl/N-ethyl adjacent to an activating group) is 1. The largest absolute Gasteiger partial charge is 0.480 e. The molecular formula is C18H20N2O2. The van der Waals surface area contributed by atoms with Crippen molar-refractivity contribution < 1.29 is 9.53 Å². The quantitative estimate of drug-likeness (QED) is 0.811. The molecular weight excluding hydrogens is 276 g/mol. The van der Waals surface area contributed by atoms with Gasteiger partial charge in [-0.25, -0.2) is 0 Å². The van der Waals surface area contributed by atoms with Crippen LogP contribution in [-0.4, -0.2) is 23.5 Å². The van der Waals surface area contributed by atoms with Gasteiger partial charge in [-0.3, -0.25) is 9.78 Å². The molecule has 0 spiro atoms. The van der Waals surface area contributed by atoms with Crippen LogP contribution in [-0.2, 0) is 17.6 Å². The van der Waals surface area contributed by atoms with Gasteiger partial charge in [0.25, 0.3) is 5.91 Å². The van der Waals surface area contributed by atoms with E-state index in [2.05, 4.69) is 0 Å². The molecule has 2 aliphatic rings. The number of anilines is 1. The van der Waals surface area contributed by atoms with Crippen LogP contribution in [0.3, 0.4) is 0 Å². The third kappa shape index (κ3) is 1.83. The molecule has 1 unspecified atom stereocenters. The number of amides is 1. The van der Waals surface area contributed by atoms with E-state index < -0.39 is 6.10 Å². The van der Waals surface area contributed by atoms with Gasteiger partial charge in [-0.2, -0.15) is 0 Å². The summed E-state index contributed by atoms with van der Waals surface area (Å²) >= 11 is 0. The van der Waals surface area contributed by atoms with Crippen molar-refractivity contribution in [2.45, 2.75) is 45.6 Å². The highest BCUT2D eigenvalue weighted by Crippen LogP contribution is 2.42. The van der Waals surface area contributed by atoms with Gasteiger partial charge in [0.2, 0.25) is 0 Å². The molecule has 1 amide bonds. The molecule has 2 aromatic rings. The van der Waals surface area contributed by atoms with Crippen LogP contribution in [0.4, 0.5) is 5.69 Å². The fourth-order valence-electron chi connectivity index (χ4n) is 3.70. The molecule has 0 fully saturated rings. The molecule has 1 aliphatic carbocycles. The molecule has 114 valence electrons. The Morgan fingerprint density at radius 2 is 2.14 bits per heavy atom. The molecule has 4 rings (SSSR count). The zero-order valence-electron chi connectivity index (χ0n) is 13.1. The van der Waals surface area contributed by atoms with Crippen molar-refractivity contribution in [2.24, 2.45) is 0 Å². The van der Waals surface area contributed by atoms with E-state index >= 15 is 0 Å². The van der Waals surface area contributed by atoms with Crippen molar-refractivity contribution in [3.63, 3.8) is 0 Å². The van der Waals surface area contributed by atoms with Gasteiger partial charge in [-0.15, -0.1) is 0 Å². The Balaban J connectivity index is 2.11. The lowest BCUT2D eigenvalue weighted by Crippen LogP contribution is -2.39. The lowest BCUT2D eigenvalue weighted by atomic mass is 9.92. The number of ether oxygens (including phenoxy) is 1. The van der Waals surface area contributed by atoms with E-state index in [0.29, 0.717) is 6.54 Å². The summed E-state index contributed by atoms with van der Waals surface area (Å²) in [5.74, 6) is 0.823.